The lowest BCUT2D eigenvalue weighted by Gasteiger charge is -2.35. The van der Waals surface area contributed by atoms with Crippen LogP contribution in [0.3, 0.4) is 0 Å². The van der Waals surface area contributed by atoms with E-state index in [-0.39, 0.29) is 0 Å². The van der Waals surface area contributed by atoms with Gasteiger partial charge in [0, 0.05) is 19.1 Å². The second-order valence-electron chi connectivity index (χ2n) is 6.47. The van der Waals surface area contributed by atoms with Crippen LogP contribution in [0.4, 0.5) is 0 Å². The predicted molar refractivity (Wildman–Crippen MR) is 80.1 cm³/mol. The number of rotatable bonds is 4. The van der Waals surface area contributed by atoms with Gasteiger partial charge in [-0.05, 0) is 62.1 Å². The fourth-order valence-electron chi connectivity index (χ4n) is 3.38. The fourth-order valence-corrected chi connectivity index (χ4v) is 3.38. The topological polar surface area (TPSA) is 29.3 Å². The van der Waals surface area contributed by atoms with E-state index in [1.54, 1.807) is 11.1 Å². The second kappa shape index (κ2) is 5.64. The summed E-state index contributed by atoms with van der Waals surface area (Å²) in [7, 11) is 0. The SMILES string of the molecule is CC(N)C1CCCN(Cc2ccccc2C2CC2)C1. The molecule has 0 radical (unpaired) electrons. The average Bonchev–Trinajstić information content (AvgIpc) is 3.24. The Morgan fingerprint density at radius 3 is 2.79 bits per heavy atom. The molecule has 19 heavy (non-hydrogen) atoms. The molecule has 2 heteroatoms. The molecule has 0 spiro atoms. The van der Waals surface area contributed by atoms with Gasteiger partial charge in [0.15, 0.2) is 0 Å². The van der Waals surface area contributed by atoms with E-state index in [2.05, 4.69) is 36.1 Å². The van der Waals surface area contributed by atoms with E-state index in [1.807, 2.05) is 0 Å². The van der Waals surface area contributed by atoms with Crippen LogP contribution in [0.25, 0.3) is 0 Å². The third kappa shape index (κ3) is 3.18. The molecule has 1 saturated heterocycles. The molecule has 1 aliphatic carbocycles. The Morgan fingerprint density at radius 2 is 2.05 bits per heavy atom. The van der Waals surface area contributed by atoms with Crippen molar-refractivity contribution in [2.75, 3.05) is 13.1 Å². The van der Waals surface area contributed by atoms with Gasteiger partial charge >= 0.3 is 0 Å². The van der Waals surface area contributed by atoms with Crippen LogP contribution in [0.15, 0.2) is 24.3 Å². The van der Waals surface area contributed by atoms with Crippen molar-refractivity contribution in [3.8, 4) is 0 Å². The predicted octanol–water partition coefficient (Wildman–Crippen LogP) is 3.12. The molecule has 0 bridgehead atoms. The molecule has 2 unspecified atom stereocenters. The zero-order chi connectivity index (χ0) is 13.2. The lowest BCUT2D eigenvalue weighted by molar-refractivity contribution is 0.154. The molecule has 3 rings (SSSR count). The molecular formula is C17H26N2. The normalized spacial score (nSPS) is 26.3. The molecule has 2 atom stereocenters. The lowest BCUT2D eigenvalue weighted by atomic mass is 9.91. The Labute approximate surface area is 117 Å². The molecule has 1 aromatic rings. The summed E-state index contributed by atoms with van der Waals surface area (Å²) in [5.41, 5.74) is 9.24. The van der Waals surface area contributed by atoms with E-state index in [0.717, 1.165) is 12.5 Å². The monoisotopic (exact) mass is 258 g/mol. The van der Waals surface area contributed by atoms with Gasteiger partial charge in [0.2, 0.25) is 0 Å². The minimum atomic E-state index is 0.335. The van der Waals surface area contributed by atoms with Crippen LogP contribution in [-0.2, 0) is 6.54 Å². The second-order valence-corrected chi connectivity index (χ2v) is 6.47. The molecule has 1 saturated carbocycles. The molecule has 0 aromatic heterocycles. The molecular weight excluding hydrogens is 232 g/mol. The molecule has 2 fully saturated rings. The van der Waals surface area contributed by atoms with Gasteiger partial charge in [-0.25, -0.2) is 0 Å². The molecule has 1 aliphatic heterocycles. The van der Waals surface area contributed by atoms with E-state index in [1.165, 1.54) is 38.8 Å². The highest BCUT2D eigenvalue weighted by atomic mass is 15.1. The van der Waals surface area contributed by atoms with E-state index in [0.29, 0.717) is 12.0 Å². The van der Waals surface area contributed by atoms with Crippen molar-refractivity contribution in [1.29, 1.82) is 0 Å². The number of likely N-dealkylation sites (tertiary alicyclic amines) is 1. The van der Waals surface area contributed by atoms with E-state index >= 15 is 0 Å². The van der Waals surface area contributed by atoms with Crippen molar-refractivity contribution in [3.63, 3.8) is 0 Å². The van der Waals surface area contributed by atoms with E-state index in [4.69, 9.17) is 5.73 Å². The highest BCUT2D eigenvalue weighted by Gasteiger charge is 2.27. The fraction of sp³-hybridized carbons (Fsp3) is 0.647. The number of nitrogens with two attached hydrogens (primary N) is 1. The van der Waals surface area contributed by atoms with Crippen molar-refractivity contribution in [2.24, 2.45) is 11.7 Å². The smallest absolute Gasteiger partial charge is 0.0236 e. The van der Waals surface area contributed by atoms with Crippen molar-refractivity contribution in [3.05, 3.63) is 35.4 Å². The lowest BCUT2D eigenvalue weighted by Crippen LogP contribution is -2.42. The Kier molecular flexibility index (Phi) is 3.90. The highest BCUT2D eigenvalue weighted by molar-refractivity contribution is 5.33. The number of hydrogen-bond donors (Lipinski definition) is 1. The maximum atomic E-state index is 6.08. The van der Waals surface area contributed by atoms with E-state index in [9.17, 15) is 0 Å². The van der Waals surface area contributed by atoms with Crippen molar-refractivity contribution in [1.82, 2.24) is 4.90 Å². The summed E-state index contributed by atoms with van der Waals surface area (Å²) >= 11 is 0. The van der Waals surface area contributed by atoms with Crippen LogP contribution >= 0.6 is 0 Å². The van der Waals surface area contributed by atoms with Crippen LogP contribution in [0.2, 0.25) is 0 Å². The Balaban J connectivity index is 1.67. The summed E-state index contributed by atoms with van der Waals surface area (Å²) in [5, 5.41) is 0. The number of hydrogen-bond acceptors (Lipinski definition) is 2. The minimum absolute atomic E-state index is 0.335. The Bertz CT molecular complexity index is 423. The quantitative estimate of drug-likeness (QED) is 0.899. The average molecular weight is 258 g/mol. The summed E-state index contributed by atoms with van der Waals surface area (Å²) in [6, 6.07) is 9.37. The van der Waals surface area contributed by atoms with Gasteiger partial charge in [0.1, 0.15) is 0 Å². The standard InChI is InChI=1S/C17H26N2/c1-13(18)15-6-4-10-19(11-15)12-16-5-2-3-7-17(16)14-8-9-14/h2-3,5,7,13-15H,4,6,8-12,18H2,1H3. The third-order valence-corrected chi connectivity index (χ3v) is 4.75. The van der Waals surface area contributed by atoms with Crippen LogP contribution in [0.1, 0.15) is 49.7 Å². The Morgan fingerprint density at radius 1 is 1.26 bits per heavy atom. The first kappa shape index (κ1) is 13.1. The van der Waals surface area contributed by atoms with Crippen molar-refractivity contribution < 1.29 is 0 Å². The molecule has 2 N–H and O–H groups in total. The van der Waals surface area contributed by atoms with Gasteiger partial charge in [-0.15, -0.1) is 0 Å². The largest absolute Gasteiger partial charge is 0.328 e. The number of piperidine rings is 1. The van der Waals surface area contributed by atoms with Crippen molar-refractivity contribution >= 4 is 0 Å². The van der Waals surface area contributed by atoms with Gasteiger partial charge in [-0.3, -0.25) is 4.90 Å². The summed E-state index contributed by atoms with van der Waals surface area (Å²) in [6.45, 7) is 5.70. The molecule has 1 aromatic carbocycles. The third-order valence-electron chi connectivity index (χ3n) is 4.75. The van der Waals surface area contributed by atoms with Gasteiger partial charge in [-0.1, -0.05) is 24.3 Å². The Hall–Kier alpha value is -0.860. The van der Waals surface area contributed by atoms with Gasteiger partial charge in [0.05, 0.1) is 0 Å². The van der Waals surface area contributed by atoms with Gasteiger partial charge in [0.25, 0.3) is 0 Å². The molecule has 2 nitrogen and oxygen atoms in total. The zero-order valence-electron chi connectivity index (χ0n) is 12.0. The van der Waals surface area contributed by atoms with Gasteiger partial charge in [-0.2, -0.15) is 0 Å². The first-order valence-corrected chi connectivity index (χ1v) is 7.80. The van der Waals surface area contributed by atoms with Crippen molar-refractivity contribution in [2.45, 2.75) is 51.1 Å². The number of benzene rings is 1. The van der Waals surface area contributed by atoms with Crippen LogP contribution in [0.5, 0.6) is 0 Å². The molecule has 1 heterocycles. The summed E-state index contributed by atoms with van der Waals surface area (Å²) in [5.74, 6) is 1.53. The summed E-state index contributed by atoms with van der Waals surface area (Å²) in [4.78, 5) is 2.61. The molecule has 0 amide bonds. The maximum Gasteiger partial charge on any atom is 0.0236 e. The maximum absolute atomic E-state index is 6.08. The first-order chi connectivity index (χ1) is 9.24. The summed E-state index contributed by atoms with van der Waals surface area (Å²) < 4.78 is 0. The molecule has 2 aliphatic rings. The highest BCUT2D eigenvalue weighted by Crippen LogP contribution is 2.41. The first-order valence-electron chi connectivity index (χ1n) is 7.80. The molecule has 104 valence electrons. The van der Waals surface area contributed by atoms with Crippen LogP contribution in [0, 0.1) is 5.92 Å². The number of nitrogens with zero attached hydrogens (tertiary/aromatic N) is 1. The van der Waals surface area contributed by atoms with Crippen LogP contribution < -0.4 is 5.73 Å². The zero-order valence-corrected chi connectivity index (χ0v) is 12.0. The minimum Gasteiger partial charge on any atom is -0.328 e. The van der Waals surface area contributed by atoms with Crippen LogP contribution in [-0.4, -0.2) is 24.0 Å². The van der Waals surface area contributed by atoms with E-state index < -0.39 is 0 Å². The summed E-state index contributed by atoms with van der Waals surface area (Å²) in [6.07, 6.45) is 5.38. The van der Waals surface area contributed by atoms with Gasteiger partial charge < -0.3 is 5.73 Å².